The summed E-state index contributed by atoms with van der Waals surface area (Å²) in [6.45, 7) is 9.52. The fourth-order valence-corrected chi connectivity index (χ4v) is 1.91. The third kappa shape index (κ3) is 7.19. The molecule has 1 atom stereocenters. The molecule has 0 heterocycles. The Balaban J connectivity index is 2.25. The minimum Gasteiger partial charge on any atom is -0.491 e. The van der Waals surface area contributed by atoms with Gasteiger partial charge >= 0.3 is 0 Å². The lowest BCUT2D eigenvalue weighted by molar-refractivity contribution is 0.0395. The molecular weight excluding hydrogens is 238 g/mol. The number of hydrogen-bond donors (Lipinski definition) is 1. The van der Waals surface area contributed by atoms with Crippen LogP contribution in [-0.2, 0) is 11.3 Å². The van der Waals surface area contributed by atoms with E-state index in [9.17, 15) is 0 Å². The van der Waals surface area contributed by atoms with Crippen LogP contribution in [0.1, 0.15) is 39.2 Å². The van der Waals surface area contributed by atoms with Crippen LogP contribution in [0, 0.1) is 0 Å². The molecule has 0 aliphatic heterocycles. The predicted octanol–water partition coefficient (Wildman–Crippen LogP) is 3.38. The van der Waals surface area contributed by atoms with Gasteiger partial charge in [-0.25, -0.2) is 0 Å². The Morgan fingerprint density at radius 2 is 2.05 bits per heavy atom. The average Bonchev–Trinajstić information content (AvgIpc) is 2.42. The summed E-state index contributed by atoms with van der Waals surface area (Å²) in [5, 5.41) is 3.31. The number of ether oxygens (including phenoxy) is 2. The van der Waals surface area contributed by atoms with Crippen molar-refractivity contribution < 1.29 is 9.47 Å². The van der Waals surface area contributed by atoms with Gasteiger partial charge in [0.05, 0.1) is 12.7 Å². The van der Waals surface area contributed by atoms with Gasteiger partial charge in [0.15, 0.2) is 0 Å². The second-order valence-electron chi connectivity index (χ2n) is 4.75. The van der Waals surface area contributed by atoms with E-state index in [1.807, 2.05) is 12.1 Å². The van der Waals surface area contributed by atoms with Gasteiger partial charge in [-0.3, -0.25) is 0 Å². The van der Waals surface area contributed by atoms with Crippen molar-refractivity contribution in [2.45, 2.75) is 46.3 Å². The van der Waals surface area contributed by atoms with Crippen LogP contribution in [0.3, 0.4) is 0 Å². The highest BCUT2D eigenvalue weighted by atomic mass is 16.5. The molecule has 0 saturated heterocycles. The monoisotopic (exact) mass is 265 g/mol. The molecule has 0 saturated carbocycles. The Morgan fingerprint density at radius 3 is 2.79 bits per heavy atom. The van der Waals surface area contributed by atoms with Crippen LogP contribution < -0.4 is 10.1 Å². The molecule has 0 aromatic heterocycles. The quantitative estimate of drug-likeness (QED) is 0.658. The smallest absolute Gasteiger partial charge is 0.119 e. The van der Waals surface area contributed by atoms with E-state index < -0.39 is 0 Å². The van der Waals surface area contributed by atoms with Crippen molar-refractivity contribution in [2.75, 3.05) is 19.8 Å². The van der Waals surface area contributed by atoms with Gasteiger partial charge in [-0.1, -0.05) is 32.4 Å². The molecule has 19 heavy (non-hydrogen) atoms. The van der Waals surface area contributed by atoms with Crippen LogP contribution in [0.25, 0.3) is 0 Å². The normalized spacial score (nSPS) is 12.4. The molecule has 3 nitrogen and oxygen atoms in total. The van der Waals surface area contributed by atoms with E-state index in [2.05, 4.69) is 38.2 Å². The Bertz CT molecular complexity index is 341. The molecule has 0 aliphatic carbocycles. The molecule has 1 aromatic rings. The van der Waals surface area contributed by atoms with Crippen molar-refractivity contribution in [2.24, 2.45) is 0 Å². The molecular formula is C16H27NO2. The first-order valence-corrected chi connectivity index (χ1v) is 7.30. The molecule has 1 aromatic carbocycles. The van der Waals surface area contributed by atoms with Crippen LogP contribution in [0.5, 0.6) is 5.75 Å². The topological polar surface area (TPSA) is 30.5 Å². The molecule has 1 rings (SSSR count). The van der Waals surface area contributed by atoms with Gasteiger partial charge in [-0.05, 0) is 37.6 Å². The summed E-state index contributed by atoms with van der Waals surface area (Å²) in [6, 6.07) is 8.21. The van der Waals surface area contributed by atoms with Crippen molar-refractivity contribution in [3.8, 4) is 5.75 Å². The van der Waals surface area contributed by atoms with E-state index in [4.69, 9.17) is 9.47 Å². The Morgan fingerprint density at radius 1 is 1.21 bits per heavy atom. The van der Waals surface area contributed by atoms with E-state index >= 15 is 0 Å². The third-order valence-corrected chi connectivity index (χ3v) is 2.93. The van der Waals surface area contributed by atoms with Crippen molar-refractivity contribution in [1.82, 2.24) is 5.32 Å². The van der Waals surface area contributed by atoms with Gasteiger partial charge in [0, 0.05) is 6.54 Å². The average molecular weight is 265 g/mol. The van der Waals surface area contributed by atoms with Crippen LogP contribution in [0.15, 0.2) is 24.3 Å². The maximum Gasteiger partial charge on any atom is 0.119 e. The summed E-state index contributed by atoms with van der Waals surface area (Å²) in [5.74, 6) is 0.919. The van der Waals surface area contributed by atoms with Gasteiger partial charge < -0.3 is 14.8 Å². The Labute approximate surface area is 117 Å². The molecule has 0 fully saturated rings. The highest BCUT2D eigenvalue weighted by Crippen LogP contribution is 2.13. The highest BCUT2D eigenvalue weighted by Gasteiger charge is 2.01. The maximum absolute atomic E-state index is 5.70. The van der Waals surface area contributed by atoms with Crippen molar-refractivity contribution in [1.29, 1.82) is 0 Å². The van der Waals surface area contributed by atoms with E-state index in [1.54, 1.807) is 0 Å². The summed E-state index contributed by atoms with van der Waals surface area (Å²) < 4.78 is 11.4. The molecule has 108 valence electrons. The molecule has 3 heteroatoms. The zero-order valence-corrected chi connectivity index (χ0v) is 12.4. The van der Waals surface area contributed by atoms with Gasteiger partial charge in [-0.15, -0.1) is 0 Å². The molecule has 0 aliphatic rings. The second-order valence-corrected chi connectivity index (χ2v) is 4.75. The fraction of sp³-hybridized carbons (Fsp3) is 0.625. The van der Waals surface area contributed by atoms with E-state index in [-0.39, 0.29) is 0 Å². The Hall–Kier alpha value is -1.06. The first-order chi connectivity index (χ1) is 9.26. The van der Waals surface area contributed by atoms with Crippen LogP contribution in [-0.4, -0.2) is 25.9 Å². The Kier molecular flexibility index (Phi) is 8.26. The van der Waals surface area contributed by atoms with E-state index in [1.165, 1.54) is 5.56 Å². The molecule has 0 spiro atoms. The summed E-state index contributed by atoms with van der Waals surface area (Å²) in [4.78, 5) is 0. The lowest BCUT2D eigenvalue weighted by Gasteiger charge is -2.13. The SMILES string of the molecule is CCCC(C)OCCOc1cccc(CNCC)c1. The lowest BCUT2D eigenvalue weighted by Crippen LogP contribution is -2.14. The van der Waals surface area contributed by atoms with Gasteiger partial charge in [0.2, 0.25) is 0 Å². The second kappa shape index (κ2) is 9.82. The highest BCUT2D eigenvalue weighted by molar-refractivity contribution is 5.28. The molecule has 0 bridgehead atoms. The maximum atomic E-state index is 5.70. The predicted molar refractivity (Wildman–Crippen MR) is 79.6 cm³/mol. The molecule has 1 N–H and O–H groups in total. The first kappa shape index (κ1) is 16.0. The number of rotatable bonds is 10. The van der Waals surface area contributed by atoms with E-state index in [0.29, 0.717) is 19.3 Å². The third-order valence-electron chi connectivity index (χ3n) is 2.93. The largest absolute Gasteiger partial charge is 0.491 e. The zero-order valence-electron chi connectivity index (χ0n) is 12.4. The van der Waals surface area contributed by atoms with Crippen molar-refractivity contribution in [3.05, 3.63) is 29.8 Å². The number of hydrogen-bond acceptors (Lipinski definition) is 3. The summed E-state index contributed by atoms with van der Waals surface area (Å²) in [7, 11) is 0. The lowest BCUT2D eigenvalue weighted by atomic mass is 10.2. The molecule has 0 amide bonds. The molecule has 0 radical (unpaired) electrons. The van der Waals surface area contributed by atoms with Crippen molar-refractivity contribution >= 4 is 0 Å². The number of nitrogens with one attached hydrogen (secondary N) is 1. The van der Waals surface area contributed by atoms with E-state index in [0.717, 1.165) is 31.7 Å². The summed E-state index contributed by atoms with van der Waals surface area (Å²) >= 11 is 0. The summed E-state index contributed by atoms with van der Waals surface area (Å²) in [5.41, 5.74) is 1.25. The molecule has 1 unspecified atom stereocenters. The van der Waals surface area contributed by atoms with Crippen LogP contribution in [0.4, 0.5) is 0 Å². The number of benzene rings is 1. The van der Waals surface area contributed by atoms with Crippen LogP contribution in [0.2, 0.25) is 0 Å². The van der Waals surface area contributed by atoms with Crippen LogP contribution >= 0.6 is 0 Å². The van der Waals surface area contributed by atoms with Gasteiger partial charge in [0.1, 0.15) is 12.4 Å². The van der Waals surface area contributed by atoms with Gasteiger partial charge in [0.25, 0.3) is 0 Å². The fourth-order valence-electron chi connectivity index (χ4n) is 1.91. The summed E-state index contributed by atoms with van der Waals surface area (Å²) in [6.07, 6.45) is 2.60. The minimum absolute atomic E-state index is 0.327. The first-order valence-electron chi connectivity index (χ1n) is 7.30. The van der Waals surface area contributed by atoms with Gasteiger partial charge in [-0.2, -0.15) is 0 Å². The minimum atomic E-state index is 0.327. The standard InChI is InChI=1S/C16H27NO2/c1-4-7-14(3)18-10-11-19-16-9-6-8-15(12-16)13-17-5-2/h6,8-9,12,14,17H,4-5,7,10-11,13H2,1-3H3. The zero-order chi connectivity index (χ0) is 13.9. The van der Waals surface area contributed by atoms with Crippen molar-refractivity contribution in [3.63, 3.8) is 0 Å².